The zero-order valence-electron chi connectivity index (χ0n) is 20.2. The molecular weight excluding hydrogens is 450 g/mol. The zero-order chi connectivity index (χ0) is 26.1. The normalized spacial score (nSPS) is 11.1. The van der Waals surface area contributed by atoms with Crippen molar-refractivity contribution in [2.45, 2.75) is 83.5 Å². The van der Waals surface area contributed by atoms with E-state index in [0.29, 0.717) is 12.3 Å². The zero-order valence-corrected chi connectivity index (χ0v) is 20.2. The molecule has 2 aromatic rings. The summed E-state index contributed by atoms with van der Waals surface area (Å²) in [6.07, 6.45) is 17.2. The number of rotatable bonds is 15. The Hall–Kier alpha value is -3.67. The number of aromatic nitrogens is 2. The van der Waals surface area contributed by atoms with Crippen LogP contribution in [0.2, 0.25) is 0 Å². The molecule has 0 saturated carbocycles. The highest BCUT2D eigenvalue weighted by Gasteiger charge is 2.18. The quantitative estimate of drug-likeness (QED) is 0.219. The number of carbonyl (C=O) groups is 3. The summed E-state index contributed by atoms with van der Waals surface area (Å²) in [5.41, 5.74) is -1.24. The predicted octanol–water partition coefficient (Wildman–Crippen LogP) is 6.11. The Morgan fingerprint density at radius 1 is 0.914 bits per heavy atom. The predicted molar refractivity (Wildman–Crippen MR) is 131 cm³/mol. The number of carboxylic acids is 3. The van der Waals surface area contributed by atoms with Gasteiger partial charge in [-0.25, -0.2) is 19.4 Å². The van der Waals surface area contributed by atoms with Gasteiger partial charge >= 0.3 is 17.9 Å². The Morgan fingerprint density at radius 3 is 2.06 bits per heavy atom. The van der Waals surface area contributed by atoms with Crippen LogP contribution in [0.1, 0.15) is 120 Å². The topological polar surface area (TPSA) is 164 Å². The van der Waals surface area contributed by atoms with Crippen LogP contribution in [0.4, 0.5) is 0 Å². The number of unbranched alkanes of at least 4 members (excludes halogenated alkanes) is 7. The molecule has 0 amide bonds. The lowest BCUT2D eigenvalue weighted by Gasteiger charge is -2.12. The second kappa shape index (κ2) is 16.9. The van der Waals surface area contributed by atoms with Crippen LogP contribution in [0, 0.1) is 11.3 Å². The van der Waals surface area contributed by atoms with Gasteiger partial charge in [-0.2, -0.15) is 5.26 Å². The molecule has 9 heteroatoms. The van der Waals surface area contributed by atoms with E-state index in [0.717, 1.165) is 36.9 Å². The average molecular weight is 486 g/mol. The van der Waals surface area contributed by atoms with E-state index in [1.54, 1.807) is 0 Å². The van der Waals surface area contributed by atoms with Crippen LogP contribution in [0.3, 0.4) is 0 Å². The van der Waals surface area contributed by atoms with Gasteiger partial charge in [0.2, 0.25) is 0 Å². The van der Waals surface area contributed by atoms with Crippen molar-refractivity contribution in [3.05, 3.63) is 53.1 Å². The number of nitrogens with zero attached hydrogens (tertiary/aromatic N) is 2. The van der Waals surface area contributed by atoms with Crippen molar-refractivity contribution >= 4 is 17.9 Å². The van der Waals surface area contributed by atoms with Crippen molar-refractivity contribution in [2.24, 2.45) is 0 Å². The van der Waals surface area contributed by atoms with Gasteiger partial charge in [0.15, 0.2) is 0 Å². The molecular formula is C26H35N3O6. The summed E-state index contributed by atoms with van der Waals surface area (Å²) >= 11 is 0. The first kappa shape index (κ1) is 29.4. The third-order valence-corrected chi connectivity index (χ3v) is 5.64. The molecule has 0 aliphatic heterocycles. The van der Waals surface area contributed by atoms with E-state index in [1.807, 2.05) is 12.4 Å². The number of nitrogens with one attached hydrogen (secondary N) is 1. The molecule has 0 fully saturated rings. The van der Waals surface area contributed by atoms with E-state index in [9.17, 15) is 14.4 Å². The molecule has 1 atom stereocenters. The van der Waals surface area contributed by atoms with E-state index >= 15 is 0 Å². The van der Waals surface area contributed by atoms with Crippen molar-refractivity contribution < 1.29 is 29.7 Å². The summed E-state index contributed by atoms with van der Waals surface area (Å²) in [7, 11) is 0. The van der Waals surface area contributed by atoms with Gasteiger partial charge in [-0.1, -0.05) is 58.3 Å². The Labute approximate surface area is 205 Å². The Morgan fingerprint density at radius 2 is 1.54 bits per heavy atom. The van der Waals surface area contributed by atoms with Crippen LogP contribution in [0.25, 0.3) is 0 Å². The number of aromatic amines is 1. The molecule has 2 rings (SSSR count). The Kier molecular flexibility index (Phi) is 14.2. The lowest BCUT2D eigenvalue weighted by atomic mass is 9.95. The molecule has 1 aromatic carbocycles. The first-order valence-electron chi connectivity index (χ1n) is 12.0. The fraction of sp³-hybridized carbons (Fsp3) is 0.500. The van der Waals surface area contributed by atoms with Gasteiger partial charge in [0.25, 0.3) is 0 Å². The maximum absolute atomic E-state index is 10.6. The van der Waals surface area contributed by atoms with Crippen molar-refractivity contribution in [3.63, 3.8) is 0 Å². The van der Waals surface area contributed by atoms with Gasteiger partial charge in [-0.15, -0.1) is 0 Å². The summed E-state index contributed by atoms with van der Waals surface area (Å²) in [4.78, 5) is 39.3. The number of imidazole rings is 1. The monoisotopic (exact) mass is 485 g/mol. The van der Waals surface area contributed by atoms with Crippen molar-refractivity contribution in [2.75, 3.05) is 0 Å². The highest BCUT2D eigenvalue weighted by atomic mass is 16.4. The van der Waals surface area contributed by atoms with Gasteiger partial charge in [-0.3, -0.25) is 0 Å². The van der Waals surface area contributed by atoms with Crippen LogP contribution in [-0.4, -0.2) is 43.2 Å². The van der Waals surface area contributed by atoms with Gasteiger partial charge in [-0.05, 0) is 31.0 Å². The van der Waals surface area contributed by atoms with Crippen LogP contribution < -0.4 is 0 Å². The highest BCUT2D eigenvalue weighted by Crippen LogP contribution is 2.24. The largest absolute Gasteiger partial charge is 0.478 e. The van der Waals surface area contributed by atoms with Crippen LogP contribution >= 0.6 is 0 Å². The second-order valence-electron chi connectivity index (χ2n) is 8.31. The third kappa shape index (κ3) is 11.3. The Bertz CT molecular complexity index is 966. The highest BCUT2D eigenvalue weighted by molar-refractivity contribution is 6.03. The standard InChI is InChI=1S/C17H29N3.C9H6O6/c1-2-3-4-5-6-7-8-9-11-16(12-10-13-18)17-19-14-15-20-17;10-7(11)4-1-2-5(8(12)13)6(3-4)9(14)15/h14-16H,2-12H2,1H3,(H,19,20);1-3H,(H,10,11)(H,12,13)(H,14,15). The van der Waals surface area contributed by atoms with Gasteiger partial charge in [0.1, 0.15) is 5.82 Å². The van der Waals surface area contributed by atoms with E-state index in [1.165, 1.54) is 51.4 Å². The van der Waals surface area contributed by atoms with Crippen LogP contribution in [-0.2, 0) is 0 Å². The number of H-pyrrole nitrogens is 1. The minimum Gasteiger partial charge on any atom is -0.478 e. The molecule has 0 saturated heterocycles. The van der Waals surface area contributed by atoms with E-state index < -0.39 is 29.0 Å². The van der Waals surface area contributed by atoms with E-state index in [-0.39, 0.29) is 5.56 Å². The number of aromatic carboxylic acids is 3. The third-order valence-electron chi connectivity index (χ3n) is 5.64. The van der Waals surface area contributed by atoms with Crippen LogP contribution in [0.15, 0.2) is 30.6 Å². The minimum absolute atomic E-state index is 0.266. The molecule has 0 aliphatic carbocycles. The van der Waals surface area contributed by atoms with Gasteiger partial charge < -0.3 is 20.3 Å². The molecule has 0 aliphatic rings. The number of benzene rings is 1. The summed E-state index contributed by atoms with van der Waals surface area (Å²) < 4.78 is 0. The number of nitriles is 1. The lowest BCUT2D eigenvalue weighted by Crippen LogP contribution is -2.10. The summed E-state index contributed by atoms with van der Waals surface area (Å²) in [6, 6.07) is 5.06. The maximum Gasteiger partial charge on any atom is 0.336 e. The van der Waals surface area contributed by atoms with Gasteiger partial charge in [0.05, 0.1) is 22.8 Å². The SMILES string of the molecule is CCCCCCCCCCC(CCC#N)c1ncc[nH]1.O=C(O)c1ccc(C(=O)O)c(C(=O)O)c1. The molecule has 1 aromatic heterocycles. The molecule has 0 spiro atoms. The molecule has 0 bridgehead atoms. The molecule has 1 heterocycles. The molecule has 9 nitrogen and oxygen atoms in total. The van der Waals surface area contributed by atoms with Crippen molar-refractivity contribution in [1.29, 1.82) is 5.26 Å². The van der Waals surface area contributed by atoms with Crippen molar-refractivity contribution in [1.82, 2.24) is 9.97 Å². The van der Waals surface area contributed by atoms with E-state index in [4.69, 9.17) is 20.6 Å². The molecule has 0 radical (unpaired) electrons. The van der Waals surface area contributed by atoms with Gasteiger partial charge in [0, 0.05) is 24.7 Å². The molecule has 4 N–H and O–H groups in total. The molecule has 1 unspecified atom stereocenters. The smallest absolute Gasteiger partial charge is 0.336 e. The fourth-order valence-corrected chi connectivity index (χ4v) is 3.72. The first-order valence-corrected chi connectivity index (χ1v) is 12.0. The average Bonchev–Trinajstić information content (AvgIpc) is 3.37. The van der Waals surface area contributed by atoms with E-state index in [2.05, 4.69) is 23.0 Å². The fourth-order valence-electron chi connectivity index (χ4n) is 3.72. The molecule has 190 valence electrons. The summed E-state index contributed by atoms with van der Waals surface area (Å²) in [6.45, 7) is 2.26. The number of hydrogen-bond acceptors (Lipinski definition) is 5. The first-order chi connectivity index (χ1) is 16.8. The molecule has 35 heavy (non-hydrogen) atoms. The van der Waals surface area contributed by atoms with Crippen LogP contribution in [0.5, 0.6) is 0 Å². The lowest BCUT2D eigenvalue weighted by molar-refractivity contribution is 0.0649. The Balaban J connectivity index is 0.000000365. The maximum atomic E-state index is 10.6. The van der Waals surface area contributed by atoms with Crippen molar-refractivity contribution in [3.8, 4) is 6.07 Å². The second-order valence-corrected chi connectivity index (χ2v) is 8.31. The number of hydrogen-bond donors (Lipinski definition) is 4. The summed E-state index contributed by atoms with van der Waals surface area (Å²) in [5, 5.41) is 34.6. The number of carboxylic acid groups (broad SMARTS) is 3. The summed E-state index contributed by atoms with van der Waals surface area (Å²) in [5.74, 6) is -2.71. The minimum atomic E-state index is -1.48.